The van der Waals surface area contributed by atoms with Crippen molar-refractivity contribution in [3.8, 4) is 0 Å². The molecule has 2 rings (SSSR count). The summed E-state index contributed by atoms with van der Waals surface area (Å²) in [6.07, 6.45) is 0. The van der Waals surface area contributed by atoms with Gasteiger partial charge in [0.1, 0.15) is 0 Å². The number of carbonyl (C=O) groups excluding carboxylic acids is 1. The van der Waals surface area contributed by atoms with Gasteiger partial charge >= 0.3 is 0 Å². The van der Waals surface area contributed by atoms with Crippen molar-refractivity contribution in [3.63, 3.8) is 0 Å². The van der Waals surface area contributed by atoms with Crippen molar-refractivity contribution < 1.29 is 4.79 Å². The highest BCUT2D eigenvalue weighted by Gasteiger charge is 2.13. The van der Waals surface area contributed by atoms with E-state index in [2.05, 4.69) is 5.32 Å². The Morgan fingerprint density at radius 3 is 2.76 bits per heavy atom. The molecule has 17 heavy (non-hydrogen) atoms. The number of anilines is 3. The quantitative estimate of drug-likeness (QED) is 0.748. The number of rotatable bonds is 3. The molecule has 0 saturated carbocycles. The fourth-order valence-corrected chi connectivity index (χ4v) is 2.29. The van der Waals surface area contributed by atoms with E-state index in [0.717, 1.165) is 5.69 Å². The number of hydrogen-bond donors (Lipinski definition) is 3. The Bertz CT molecular complexity index is 554. The fraction of sp³-hybridized carbons (Fsp3) is 0. The number of nitrogens with one attached hydrogen (secondary N) is 1. The van der Waals surface area contributed by atoms with Gasteiger partial charge in [-0.05, 0) is 23.6 Å². The number of thiophene rings is 1. The van der Waals surface area contributed by atoms with Crippen LogP contribution in [0.4, 0.5) is 17.1 Å². The van der Waals surface area contributed by atoms with Crippen LogP contribution in [0.15, 0.2) is 29.0 Å². The van der Waals surface area contributed by atoms with Gasteiger partial charge in [0.2, 0.25) is 0 Å². The second-order valence-electron chi connectivity index (χ2n) is 3.43. The zero-order valence-electron chi connectivity index (χ0n) is 8.74. The number of carbonyl (C=O) groups is 1. The predicted molar refractivity (Wildman–Crippen MR) is 72.0 cm³/mol. The van der Waals surface area contributed by atoms with Crippen LogP contribution in [0.3, 0.4) is 0 Å². The summed E-state index contributed by atoms with van der Waals surface area (Å²) in [5.74, 6) is -0.572. The lowest BCUT2D eigenvalue weighted by Gasteiger charge is -2.11. The first-order valence-corrected chi connectivity index (χ1v) is 6.08. The molecule has 1 heterocycles. The first-order chi connectivity index (χ1) is 8.08. The topological polar surface area (TPSA) is 81.1 Å². The number of hydrogen-bond acceptors (Lipinski definition) is 4. The minimum Gasteiger partial charge on any atom is -0.399 e. The van der Waals surface area contributed by atoms with E-state index in [0.29, 0.717) is 16.4 Å². The molecule has 0 atom stereocenters. The SMILES string of the molecule is NC(=O)c1cc(N)cc(Cl)c1Nc1ccsc1. The predicted octanol–water partition coefficient (Wildman–Crippen LogP) is 2.83. The summed E-state index contributed by atoms with van der Waals surface area (Å²) in [6, 6.07) is 4.95. The van der Waals surface area contributed by atoms with Crippen LogP contribution < -0.4 is 16.8 Å². The summed E-state index contributed by atoms with van der Waals surface area (Å²) in [5, 5.41) is 7.23. The van der Waals surface area contributed by atoms with Gasteiger partial charge in [-0.25, -0.2) is 0 Å². The summed E-state index contributed by atoms with van der Waals surface area (Å²) >= 11 is 7.58. The monoisotopic (exact) mass is 267 g/mol. The van der Waals surface area contributed by atoms with Gasteiger partial charge in [-0.3, -0.25) is 4.79 Å². The van der Waals surface area contributed by atoms with E-state index in [1.54, 1.807) is 6.07 Å². The molecule has 6 heteroatoms. The maximum atomic E-state index is 11.3. The van der Waals surface area contributed by atoms with Crippen LogP contribution in [0.25, 0.3) is 0 Å². The van der Waals surface area contributed by atoms with Crippen LogP contribution in [0.5, 0.6) is 0 Å². The minimum absolute atomic E-state index is 0.279. The number of amides is 1. The van der Waals surface area contributed by atoms with Crippen LogP contribution in [0.1, 0.15) is 10.4 Å². The van der Waals surface area contributed by atoms with Crippen molar-refractivity contribution >= 4 is 45.9 Å². The lowest BCUT2D eigenvalue weighted by Crippen LogP contribution is -2.14. The highest BCUT2D eigenvalue weighted by atomic mass is 35.5. The summed E-state index contributed by atoms with van der Waals surface area (Å²) in [7, 11) is 0. The number of nitrogens with two attached hydrogens (primary N) is 2. The van der Waals surface area contributed by atoms with E-state index in [1.165, 1.54) is 17.4 Å². The molecule has 0 saturated heterocycles. The van der Waals surface area contributed by atoms with E-state index in [-0.39, 0.29) is 5.56 Å². The van der Waals surface area contributed by atoms with E-state index in [4.69, 9.17) is 23.1 Å². The van der Waals surface area contributed by atoms with Crippen LogP contribution in [0.2, 0.25) is 5.02 Å². The summed E-state index contributed by atoms with van der Waals surface area (Å²) in [5.41, 5.74) is 12.9. The van der Waals surface area contributed by atoms with Gasteiger partial charge in [0, 0.05) is 16.8 Å². The molecule has 1 amide bonds. The third-order valence-corrected chi connectivity index (χ3v) is 3.15. The van der Waals surface area contributed by atoms with Crippen LogP contribution >= 0.6 is 22.9 Å². The average molecular weight is 268 g/mol. The Balaban J connectivity index is 2.48. The second-order valence-corrected chi connectivity index (χ2v) is 4.61. The third-order valence-electron chi connectivity index (χ3n) is 2.17. The molecule has 1 aromatic carbocycles. The van der Waals surface area contributed by atoms with Crippen LogP contribution in [-0.4, -0.2) is 5.91 Å². The lowest BCUT2D eigenvalue weighted by molar-refractivity contribution is 0.100. The maximum Gasteiger partial charge on any atom is 0.250 e. The minimum atomic E-state index is -0.572. The normalized spacial score (nSPS) is 10.2. The zero-order chi connectivity index (χ0) is 12.4. The highest BCUT2D eigenvalue weighted by Crippen LogP contribution is 2.32. The highest BCUT2D eigenvalue weighted by molar-refractivity contribution is 7.08. The molecule has 0 fully saturated rings. The summed E-state index contributed by atoms with van der Waals surface area (Å²) in [4.78, 5) is 11.3. The Labute approximate surface area is 107 Å². The molecule has 88 valence electrons. The average Bonchev–Trinajstić information content (AvgIpc) is 2.74. The van der Waals surface area contributed by atoms with Crippen molar-refractivity contribution in [2.45, 2.75) is 0 Å². The molecule has 0 aliphatic heterocycles. The van der Waals surface area contributed by atoms with Crippen molar-refractivity contribution in [2.75, 3.05) is 11.1 Å². The first kappa shape index (κ1) is 11.8. The molecule has 0 bridgehead atoms. The summed E-state index contributed by atoms with van der Waals surface area (Å²) < 4.78 is 0. The molecule has 4 nitrogen and oxygen atoms in total. The Morgan fingerprint density at radius 1 is 1.41 bits per heavy atom. The maximum absolute atomic E-state index is 11.3. The molecule has 0 unspecified atom stereocenters. The molecule has 1 aromatic heterocycles. The van der Waals surface area contributed by atoms with Crippen molar-refractivity contribution in [3.05, 3.63) is 39.5 Å². The van der Waals surface area contributed by atoms with Crippen LogP contribution in [0, 0.1) is 0 Å². The van der Waals surface area contributed by atoms with Gasteiger partial charge in [-0.2, -0.15) is 11.3 Å². The Hall–Kier alpha value is -1.72. The lowest BCUT2D eigenvalue weighted by atomic mass is 10.1. The number of halogens is 1. The molecule has 0 spiro atoms. The Kier molecular flexibility index (Phi) is 3.21. The van der Waals surface area contributed by atoms with Gasteiger partial charge in [-0.1, -0.05) is 11.6 Å². The van der Waals surface area contributed by atoms with E-state index >= 15 is 0 Å². The third kappa shape index (κ3) is 2.51. The zero-order valence-corrected chi connectivity index (χ0v) is 10.3. The summed E-state index contributed by atoms with van der Waals surface area (Å²) in [6.45, 7) is 0. The molecule has 0 aliphatic rings. The standard InChI is InChI=1S/C11H10ClN3OS/c12-9-4-6(13)3-8(11(14)16)10(9)15-7-1-2-17-5-7/h1-5,15H,13H2,(H2,14,16). The van der Waals surface area contributed by atoms with E-state index in [1.807, 2.05) is 16.8 Å². The van der Waals surface area contributed by atoms with Gasteiger partial charge in [0.25, 0.3) is 5.91 Å². The van der Waals surface area contributed by atoms with Crippen molar-refractivity contribution in [1.82, 2.24) is 0 Å². The number of primary amides is 1. The molecule has 5 N–H and O–H groups in total. The number of benzene rings is 1. The van der Waals surface area contributed by atoms with Gasteiger partial charge in [0.05, 0.1) is 16.3 Å². The fourth-order valence-electron chi connectivity index (χ4n) is 1.43. The Morgan fingerprint density at radius 2 is 2.18 bits per heavy atom. The van der Waals surface area contributed by atoms with Crippen molar-refractivity contribution in [1.29, 1.82) is 0 Å². The van der Waals surface area contributed by atoms with Crippen molar-refractivity contribution in [2.24, 2.45) is 5.73 Å². The van der Waals surface area contributed by atoms with Gasteiger partial charge < -0.3 is 16.8 Å². The molecule has 0 aliphatic carbocycles. The second kappa shape index (κ2) is 4.65. The number of nitrogen functional groups attached to an aromatic ring is 1. The first-order valence-electron chi connectivity index (χ1n) is 4.76. The molecule has 0 radical (unpaired) electrons. The molecular weight excluding hydrogens is 258 g/mol. The largest absolute Gasteiger partial charge is 0.399 e. The van der Waals surface area contributed by atoms with Gasteiger partial charge in [-0.15, -0.1) is 0 Å². The van der Waals surface area contributed by atoms with E-state index < -0.39 is 5.91 Å². The smallest absolute Gasteiger partial charge is 0.250 e. The molecular formula is C11H10ClN3OS. The van der Waals surface area contributed by atoms with Gasteiger partial charge in [0.15, 0.2) is 0 Å². The van der Waals surface area contributed by atoms with E-state index in [9.17, 15) is 4.79 Å². The van der Waals surface area contributed by atoms with Crippen LogP contribution in [-0.2, 0) is 0 Å². The molecule has 2 aromatic rings.